The lowest BCUT2D eigenvalue weighted by atomic mass is 9.86. The molecular weight excluding hydrogens is 196 g/mol. The molecule has 0 spiro atoms. The Balaban J connectivity index is 1.90. The second-order valence-electron chi connectivity index (χ2n) is 4.45. The predicted molar refractivity (Wildman–Crippen MR) is 55.2 cm³/mol. The van der Waals surface area contributed by atoms with Crippen LogP contribution in [0.25, 0.3) is 0 Å². The van der Waals surface area contributed by atoms with Crippen molar-refractivity contribution in [2.75, 3.05) is 0 Å². The van der Waals surface area contributed by atoms with Crippen LogP contribution in [0.4, 0.5) is 0 Å². The van der Waals surface area contributed by atoms with Crippen molar-refractivity contribution in [2.45, 2.75) is 43.4 Å². The second-order valence-corrected chi connectivity index (χ2v) is 5.29. The molecule has 0 saturated carbocycles. The SMILES string of the molecule is OC1(c2ccns2)CC2CCC(C1)N2. The van der Waals surface area contributed by atoms with Crippen molar-refractivity contribution >= 4 is 11.5 Å². The standard InChI is InChI=1S/C10H14N2OS/c13-10(9-3-4-11-14-9)5-7-1-2-8(6-10)12-7/h3-4,7-8,12-13H,1-2,5-6H2. The quantitative estimate of drug-likeness (QED) is 0.733. The normalized spacial score (nSPS) is 41.5. The Morgan fingerprint density at radius 1 is 1.43 bits per heavy atom. The molecule has 3 nitrogen and oxygen atoms in total. The molecule has 0 aromatic carbocycles. The lowest BCUT2D eigenvalue weighted by Gasteiger charge is -2.36. The first-order valence-electron chi connectivity index (χ1n) is 5.16. The van der Waals surface area contributed by atoms with Crippen LogP contribution < -0.4 is 5.32 Å². The fraction of sp³-hybridized carbons (Fsp3) is 0.700. The number of fused-ring (bicyclic) bond motifs is 2. The van der Waals surface area contributed by atoms with Crippen LogP contribution in [0.2, 0.25) is 0 Å². The summed E-state index contributed by atoms with van der Waals surface area (Å²) in [4.78, 5) is 1.04. The first-order valence-corrected chi connectivity index (χ1v) is 5.93. The molecule has 2 saturated heterocycles. The maximum absolute atomic E-state index is 10.5. The number of hydrogen-bond donors (Lipinski definition) is 2. The zero-order valence-corrected chi connectivity index (χ0v) is 8.76. The molecule has 2 fully saturated rings. The molecule has 2 bridgehead atoms. The van der Waals surface area contributed by atoms with Gasteiger partial charge in [-0.2, -0.15) is 0 Å². The van der Waals surface area contributed by atoms with Crippen LogP contribution in [0.5, 0.6) is 0 Å². The third-order valence-corrected chi connectivity index (χ3v) is 4.34. The Kier molecular flexibility index (Phi) is 1.90. The molecule has 3 heterocycles. The molecule has 4 heteroatoms. The van der Waals surface area contributed by atoms with E-state index in [0.29, 0.717) is 12.1 Å². The lowest BCUT2D eigenvalue weighted by molar-refractivity contribution is -0.00812. The van der Waals surface area contributed by atoms with Crippen molar-refractivity contribution in [3.05, 3.63) is 17.1 Å². The summed E-state index contributed by atoms with van der Waals surface area (Å²) < 4.78 is 4.07. The van der Waals surface area contributed by atoms with E-state index in [1.807, 2.05) is 6.07 Å². The average molecular weight is 210 g/mol. The van der Waals surface area contributed by atoms with Crippen LogP contribution in [-0.2, 0) is 5.60 Å². The van der Waals surface area contributed by atoms with E-state index in [-0.39, 0.29) is 0 Å². The fourth-order valence-corrected chi connectivity index (χ4v) is 3.47. The summed E-state index contributed by atoms with van der Waals surface area (Å²) >= 11 is 1.43. The Labute approximate surface area is 87.3 Å². The topological polar surface area (TPSA) is 45.2 Å². The molecule has 2 aliphatic heterocycles. The van der Waals surface area contributed by atoms with Crippen LogP contribution in [0.1, 0.15) is 30.6 Å². The first-order chi connectivity index (χ1) is 6.76. The van der Waals surface area contributed by atoms with Crippen LogP contribution >= 0.6 is 11.5 Å². The van der Waals surface area contributed by atoms with E-state index in [1.165, 1.54) is 24.4 Å². The summed E-state index contributed by atoms with van der Waals surface area (Å²) in [5.74, 6) is 0. The summed E-state index contributed by atoms with van der Waals surface area (Å²) in [6.07, 6.45) is 5.91. The van der Waals surface area contributed by atoms with Gasteiger partial charge >= 0.3 is 0 Å². The van der Waals surface area contributed by atoms with Gasteiger partial charge in [-0.15, -0.1) is 0 Å². The maximum atomic E-state index is 10.5. The molecule has 2 atom stereocenters. The highest BCUT2D eigenvalue weighted by molar-refractivity contribution is 7.05. The molecule has 1 aromatic rings. The van der Waals surface area contributed by atoms with Crippen molar-refractivity contribution in [3.8, 4) is 0 Å². The third kappa shape index (κ3) is 1.29. The minimum absolute atomic E-state index is 0.515. The van der Waals surface area contributed by atoms with Gasteiger partial charge in [-0.05, 0) is 43.3 Å². The number of piperidine rings is 1. The minimum Gasteiger partial charge on any atom is -0.384 e. The van der Waals surface area contributed by atoms with E-state index in [4.69, 9.17) is 0 Å². The summed E-state index contributed by atoms with van der Waals surface area (Å²) in [6, 6.07) is 2.98. The van der Waals surface area contributed by atoms with Crippen molar-refractivity contribution in [1.82, 2.24) is 9.69 Å². The number of nitrogens with zero attached hydrogens (tertiary/aromatic N) is 1. The maximum Gasteiger partial charge on any atom is 0.103 e. The van der Waals surface area contributed by atoms with Gasteiger partial charge in [0.2, 0.25) is 0 Å². The molecule has 2 unspecified atom stereocenters. The summed E-state index contributed by atoms with van der Waals surface area (Å²) in [7, 11) is 0. The average Bonchev–Trinajstić information content (AvgIpc) is 2.75. The Morgan fingerprint density at radius 3 is 2.71 bits per heavy atom. The number of nitrogens with one attached hydrogen (secondary N) is 1. The van der Waals surface area contributed by atoms with E-state index in [0.717, 1.165) is 17.7 Å². The molecular formula is C10H14N2OS. The van der Waals surface area contributed by atoms with Crippen LogP contribution in [-0.4, -0.2) is 21.6 Å². The zero-order valence-electron chi connectivity index (χ0n) is 7.94. The van der Waals surface area contributed by atoms with Crippen molar-refractivity contribution in [1.29, 1.82) is 0 Å². The molecule has 1 aromatic heterocycles. The van der Waals surface area contributed by atoms with Gasteiger partial charge in [0.05, 0.1) is 4.88 Å². The van der Waals surface area contributed by atoms with Gasteiger partial charge in [0.1, 0.15) is 5.60 Å². The molecule has 2 aliphatic rings. The van der Waals surface area contributed by atoms with Crippen LogP contribution in [0.15, 0.2) is 12.3 Å². The Hall–Kier alpha value is -0.450. The largest absolute Gasteiger partial charge is 0.384 e. The lowest BCUT2D eigenvalue weighted by Crippen LogP contribution is -2.46. The van der Waals surface area contributed by atoms with E-state index in [2.05, 4.69) is 9.69 Å². The highest BCUT2D eigenvalue weighted by Gasteiger charge is 2.44. The van der Waals surface area contributed by atoms with E-state index < -0.39 is 5.60 Å². The first kappa shape index (κ1) is 8.83. The number of rotatable bonds is 1. The summed E-state index contributed by atoms with van der Waals surface area (Å²) in [6.45, 7) is 0. The Bertz CT molecular complexity index is 313. The molecule has 3 rings (SSSR count). The molecule has 0 aliphatic carbocycles. The predicted octanol–water partition coefficient (Wildman–Crippen LogP) is 1.25. The number of hydrogen-bond acceptors (Lipinski definition) is 4. The molecule has 0 amide bonds. The van der Waals surface area contributed by atoms with Gasteiger partial charge in [-0.1, -0.05) is 0 Å². The third-order valence-electron chi connectivity index (χ3n) is 3.40. The van der Waals surface area contributed by atoms with E-state index in [9.17, 15) is 5.11 Å². The van der Waals surface area contributed by atoms with Crippen LogP contribution in [0.3, 0.4) is 0 Å². The monoisotopic (exact) mass is 210 g/mol. The van der Waals surface area contributed by atoms with Crippen LogP contribution in [0, 0.1) is 0 Å². The highest BCUT2D eigenvalue weighted by Crippen LogP contribution is 2.41. The summed E-state index contributed by atoms with van der Waals surface area (Å²) in [5, 5.41) is 14.1. The van der Waals surface area contributed by atoms with Gasteiger partial charge in [-0.25, -0.2) is 4.37 Å². The van der Waals surface area contributed by atoms with Gasteiger partial charge in [-0.3, -0.25) is 0 Å². The smallest absolute Gasteiger partial charge is 0.103 e. The Morgan fingerprint density at radius 2 is 2.14 bits per heavy atom. The molecule has 76 valence electrons. The highest BCUT2D eigenvalue weighted by atomic mass is 32.1. The fourth-order valence-electron chi connectivity index (χ4n) is 2.78. The van der Waals surface area contributed by atoms with Gasteiger partial charge in [0, 0.05) is 18.3 Å². The second kappa shape index (κ2) is 3.02. The number of aliphatic hydroxyl groups is 1. The van der Waals surface area contributed by atoms with Crippen molar-refractivity contribution < 1.29 is 5.11 Å². The summed E-state index contributed by atoms with van der Waals surface area (Å²) in [5.41, 5.74) is -0.599. The molecule has 2 N–H and O–H groups in total. The molecule has 0 radical (unpaired) electrons. The van der Waals surface area contributed by atoms with E-state index in [1.54, 1.807) is 6.20 Å². The van der Waals surface area contributed by atoms with Gasteiger partial charge in [0.15, 0.2) is 0 Å². The van der Waals surface area contributed by atoms with E-state index >= 15 is 0 Å². The van der Waals surface area contributed by atoms with Crippen molar-refractivity contribution in [3.63, 3.8) is 0 Å². The molecule has 14 heavy (non-hydrogen) atoms. The van der Waals surface area contributed by atoms with Gasteiger partial charge in [0.25, 0.3) is 0 Å². The van der Waals surface area contributed by atoms with Crippen molar-refractivity contribution in [2.24, 2.45) is 0 Å². The zero-order chi connectivity index (χ0) is 9.60. The van der Waals surface area contributed by atoms with Gasteiger partial charge < -0.3 is 10.4 Å². The minimum atomic E-state index is -0.599. The number of aromatic nitrogens is 1.